The van der Waals surface area contributed by atoms with Crippen molar-refractivity contribution in [3.8, 4) is 0 Å². The molecule has 0 aromatic heterocycles. The fraction of sp³-hybridized carbons (Fsp3) is 0.429. The third-order valence-electron chi connectivity index (χ3n) is 4.87. The summed E-state index contributed by atoms with van der Waals surface area (Å²) in [5.41, 5.74) is 2.30. The Morgan fingerprint density at radius 3 is 2.12 bits per heavy atom. The van der Waals surface area contributed by atoms with Crippen molar-refractivity contribution < 1.29 is 8.42 Å². The lowest BCUT2D eigenvalue weighted by atomic mass is 9.91. The van der Waals surface area contributed by atoms with E-state index in [1.807, 2.05) is 19.1 Å². The van der Waals surface area contributed by atoms with Crippen LogP contribution >= 0.6 is 11.8 Å². The molecule has 5 heteroatoms. The molecule has 1 saturated heterocycles. The van der Waals surface area contributed by atoms with Crippen molar-refractivity contribution >= 4 is 21.8 Å². The average molecular weight is 390 g/mol. The third-order valence-corrected chi connectivity index (χ3v) is 7.94. The predicted octanol–water partition coefficient (Wildman–Crippen LogP) is 4.88. The van der Waals surface area contributed by atoms with E-state index in [0.29, 0.717) is 11.4 Å². The molecule has 0 saturated carbocycles. The molecule has 2 aromatic carbocycles. The van der Waals surface area contributed by atoms with Crippen LogP contribution in [0.15, 0.2) is 58.3 Å². The Balaban J connectivity index is 1.81. The molecule has 2 aromatic rings. The van der Waals surface area contributed by atoms with Gasteiger partial charge in [-0.15, -0.1) is 11.8 Å². The smallest absolute Gasteiger partial charge is 0.207 e. The Morgan fingerprint density at radius 1 is 1.00 bits per heavy atom. The van der Waals surface area contributed by atoms with Crippen LogP contribution < -0.4 is 0 Å². The average Bonchev–Trinajstić information content (AvgIpc) is 2.90. The first-order valence-corrected chi connectivity index (χ1v) is 11.4. The monoisotopic (exact) mass is 389 g/mol. The van der Waals surface area contributed by atoms with E-state index in [4.69, 9.17) is 0 Å². The Morgan fingerprint density at radius 2 is 1.54 bits per heavy atom. The zero-order chi connectivity index (χ0) is 18.9. The quantitative estimate of drug-likeness (QED) is 0.684. The van der Waals surface area contributed by atoms with Gasteiger partial charge in [0.25, 0.3) is 0 Å². The molecule has 1 fully saturated rings. The second-order valence-corrected chi connectivity index (χ2v) is 11.0. The van der Waals surface area contributed by atoms with E-state index in [0.717, 1.165) is 17.7 Å². The fourth-order valence-corrected chi connectivity index (χ4v) is 6.37. The lowest BCUT2D eigenvalue weighted by molar-refractivity contribution is 0.371. The summed E-state index contributed by atoms with van der Waals surface area (Å²) < 4.78 is 28.2. The van der Waals surface area contributed by atoms with Crippen molar-refractivity contribution in [2.45, 2.75) is 49.9 Å². The first-order valence-electron chi connectivity index (χ1n) is 8.95. The van der Waals surface area contributed by atoms with Crippen molar-refractivity contribution in [1.29, 1.82) is 0 Å². The van der Waals surface area contributed by atoms with Gasteiger partial charge in [0.1, 0.15) is 0 Å². The van der Waals surface area contributed by atoms with Crippen LogP contribution in [0.3, 0.4) is 0 Å². The molecule has 0 radical (unpaired) electrons. The Hall–Kier alpha value is -1.30. The van der Waals surface area contributed by atoms with Gasteiger partial charge in [-0.1, -0.05) is 49.2 Å². The highest BCUT2D eigenvalue weighted by Crippen LogP contribution is 2.39. The van der Waals surface area contributed by atoms with E-state index in [9.17, 15) is 8.42 Å². The summed E-state index contributed by atoms with van der Waals surface area (Å²) in [6.45, 7) is 8.92. The van der Waals surface area contributed by atoms with Gasteiger partial charge in [0, 0.05) is 23.2 Å². The molecule has 3 rings (SSSR count). The minimum atomic E-state index is -3.47. The number of rotatable bonds is 5. The van der Waals surface area contributed by atoms with Gasteiger partial charge in [-0.3, -0.25) is 0 Å². The number of hydrogen-bond acceptors (Lipinski definition) is 3. The summed E-state index contributed by atoms with van der Waals surface area (Å²) in [6, 6.07) is 15.6. The molecular weight excluding hydrogens is 362 g/mol. The van der Waals surface area contributed by atoms with E-state index in [1.165, 1.54) is 10.5 Å². The normalized spacial score (nSPS) is 20.4. The van der Waals surface area contributed by atoms with Crippen LogP contribution in [0.1, 0.15) is 31.4 Å². The molecule has 3 nitrogen and oxygen atoms in total. The number of nitrogens with zero attached hydrogens (tertiary/aromatic N) is 1. The van der Waals surface area contributed by atoms with E-state index in [-0.39, 0.29) is 11.5 Å². The first kappa shape index (κ1) is 19.5. The minimum Gasteiger partial charge on any atom is -0.207 e. The Bertz CT molecular complexity index is 856. The molecule has 0 amide bonds. The van der Waals surface area contributed by atoms with Crippen molar-refractivity contribution in [3.05, 3.63) is 59.7 Å². The third kappa shape index (κ3) is 4.33. The summed E-state index contributed by atoms with van der Waals surface area (Å²) >= 11 is 1.74. The topological polar surface area (TPSA) is 37.4 Å². The lowest BCUT2D eigenvalue weighted by Crippen LogP contribution is -2.37. The molecule has 1 unspecified atom stereocenters. The number of hydrogen-bond donors (Lipinski definition) is 0. The number of sulfonamides is 1. The van der Waals surface area contributed by atoms with Crippen LogP contribution in [0.4, 0.5) is 0 Å². The molecule has 0 bridgehead atoms. The summed E-state index contributed by atoms with van der Waals surface area (Å²) in [6.07, 6.45) is 0.886. The highest BCUT2D eigenvalue weighted by molar-refractivity contribution is 7.99. The van der Waals surface area contributed by atoms with Crippen LogP contribution in [0.2, 0.25) is 0 Å². The molecule has 1 atom stereocenters. The maximum Gasteiger partial charge on any atom is 0.243 e. The second-order valence-electron chi connectivity index (χ2n) is 8.01. The van der Waals surface area contributed by atoms with Crippen molar-refractivity contribution in [2.75, 3.05) is 12.3 Å². The number of aryl methyl sites for hydroxylation is 2. The first-order chi connectivity index (χ1) is 12.2. The van der Waals surface area contributed by atoms with Gasteiger partial charge in [0.2, 0.25) is 10.0 Å². The SMILES string of the molecule is Cc1ccc(SCC2CC(C)(C)CN2S(=O)(=O)c2ccc(C)cc2)cc1. The van der Waals surface area contributed by atoms with Gasteiger partial charge in [-0.25, -0.2) is 8.42 Å². The Labute approximate surface area is 161 Å². The van der Waals surface area contributed by atoms with E-state index < -0.39 is 10.0 Å². The molecule has 140 valence electrons. The standard InChI is InChI=1S/C21H27NO2S2/c1-16-5-9-19(10-6-16)25-14-18-13-21(3,4)15-22(18)26(23,24)20-11-7-17(2)8-12-20/h5-12,18H,13-15H2,1-4H3. The highest BCUT2D eigenvalue weighted by atomic mass is 32.2. The van der Waals surface area contributed by atoms with Gasteiger partial charge in [0.15, 0.2) is 0 Å². The summed E-state index contributed by atoms with van der Waals surface area (Å²) in [5.74, 6) is 0.775. The van der Waals surface area contributed by atoms with Gasteiger partial charge in [-0.2, -0.15) is 4.31 Å². The summed E-state index contributed by atoms with van der Waals surface area (Å²) in [7, 11) is -3.47. The van der Waals surface area contributed by atoms with E-state index >= 15 is 0 Å². The zero-order valence-corrected chi connectivity index (χ0v) is 17.5. The highest BCUT2D eigenvalue weighted by Gasteiger charge is 2.43. The van der Waals surface area contributed by atoms with Crippen LogP contribution in [0.25, 0.3) is 0 Å². The van der Waals surface area contributed by atoms with Crippen molar-refractivity contribution in [2.24, 2.45) is 5.41 Å². The van der Waals surface area contributed by atoms with Gasteiger partial charge in [0.05, 0.1) is 4.90 Å². The summed E-state index contributed by atoms with van der Waals surface area (Å²) in [4.78, 5) is 1.58. The molecule has 0 spiro atoms. The van der Waals surface area contributed by atoms with E-state index in [2.05, 4.69) is 45.0 Å². The molecule has 1 aliphatic heterocycles. The Kier molecular flexibility index (Phi) is 5.52. The molecular formula is C21H27NO2S2. The maximum atomic E-state index is 13.2. The fourth-order valence-electron chi connectivity index (χ4n) is 3.45. The van der Waals surface area contributed by atoms with Crippen molar-refractivity contribution in [3.63, 3.8) is 0 Å². The van der Waals surface area contributed by atoms with Crippen LogP contribution in [-0.4, -0.2) is 31.1 Å². The largest absolute Gasteiger partial charge is 0.243 e. The van der Waals surface area contributed by atoms with E-state index in [1.54, 1.807) is 28.2 Å². The van der Waals surface area contributed by atoms with Gasteiger partial charge < -0.3 is 0 Å². The van der Waals surface area contributed by atoms with Gasteiger partial charge in [-0.05, 0) is 49.9 Å². The molecule has 1 heterocycles. The number of thioether (sulfide) groups is 1. The zero-order valence-electron chi connectivity index (χ0n) is 15.9. The number of benzene rings is 2. The lowest BCUT2D eigenvalue weighted by Gasteiger charge is -2.24. The second kappa shape index (κ2) is 7.37. The molecule has 26 heavy (non-hydrogen) atoms. The molecule has 0 N–H and O–H groups in total. The van der Waals surface area contributed by atoms with Crippen molar-refractivity contribution in [1.82, 2.24) is 4.31 Å². The molecule has 0 aliphatic carbocycles. The maximum absolute atomic E-state index is 13.2. The predicted molar refractivity (Wildman–Crippen MR) is 109 cm³/mol. The summed E-state index contributed by atoms with van der Waals surface area (Å²) in [5, 5.41) is 0. The molecule has 1 aliphatic rings. The van der Waals surface area contributed by atoms with Crippen LogP contribution in [-0.2, 0) is 10.0 Å². The van der Waals surface area contributed by atoms with Gasteiger partial charge >= 0.3 is 0 Å². The van der Waals surface area contributed by atoms with Crippen LogP contribution in [0, 0.1) is 19.3 Å². The minimum absolute atomic E-state index is 0.00370. The van der Waals surface area contributed by atoms with Crippen LogP contribution in [0.5, 0.6) is 0 Å².